The van der Waals surface area contributed by atoms with E-state index in [0.29, 0.717) is 0 Å². The van der Waals surface area contributed by atoms with E-state index >= 15 is 0 Å². The summed E-state index contributed by atoms with van der Waals surface area (Å²) in [6.07, 6.45) is 5.71. The maximum Gasteiger partial charge on any atom is 0.248 e. The maximum atomic E-state index is 12.1. The van der Waals surface area contributed by atoms with E-state index in [1.54, 1.807) is 17.4 Å². The minimum absolute atomic E-state index is 0.165. The van der Waals surface area contributed by atoms with Gasteiger partial charge in [0.05, 0.1) is 0 Å². The number of carbonyl (C=O) groups excluding carboxylic acids is 1. The molecule has 0 bridgehead atoms. The molecule has 1 aromatic carbocycles. The monoisotopic (exact) mass is 483 g/mol. The normalized spacial score (nSPS) is 13.7. The number of aromatic nitrogens is 2. The summed E-state index contributed by atoms with van der Waals surface area (Å²) in [4.78, 5) is 24.6. The molecule has 3 heterocycles. The second kappa shape index (κ2) is 9.40. The number of halogens is 1. The van der Waals surface area contributed by atoms with Gasteiger partial charge in [-0.3, -0.25) is 4.79 Å². The zero-order chi connectivity index (χ0) is 20.9. The van der Waals surface area contributed by atoms with Gasteiger partial charge in [-0.05, 0) is 72.1 Å². The third kappa shape index (κ3) is 5.46. The standard InChI is InChI=1S/C22H22BrN5OS/c1-15-12-20(27-22(24-15)28-10-2-3-11-28)25-17-4-6-18(7-5-17)26-21(29)9-8-19-13-16(23)14-30-19/h4-9,12-14H,2-3,10-11H2,1H3,(H,26,29)(H,24,25,27)/b9-8+. The number of carbonyl (C=O) groups is 1. The molecule has 2 N–H and O–H groups in total. The summed E-state index contributed by atoms with van der Waals surface area (Å²) in [6.45, 7) is 4.00. The van der Waals surface area contributed by atoms with Crippen molar-refractivity contribution in [1.29, 1.82) is 0 Å². The molecule has 2 aromatic heterocycles. The van der Waals surface area contributed by atoms with Gasteiger partial charge in [0.25, 0.3) is 0 Å². The summed E-state index contributed by atoms with van der Waals surface area (Å²) in [5, 5.41) is 8.19. The molecule has 1 amide bonds. The molecule has 154 valence electrons. The van der Waals surface area contributed by atoms with Crippen LogP contribution in [0.2, 0.25) is 0 Å². The van der Waals surface area contributed by atoms with Crippen LogP contribution in [-0.4, -0.2) is 29.0 Å². The molecule has 0 aliphatic carbocycles. The summed E-state index contributed by atoms with van der Waals surface area (Å²) >= 11 is 4.98. The molecule has 4 rings (SSSR count). The minimum atomic E-state index is -0.165. The fourth-order valence-corrected chi connectivity index (χ4v) is 4.55. The molecule has 1 fully saturated rings. The van der Waals surface area contributed by atoms with Gasteiger partial charge < -0.3 is 15.5 Å². The Hall–Kier alpha value is -2.71. The van der Waals surface area contributed by atoms with Crippen molar-refractivity contribution >= 4 is 62.4 Å². The molecule has 3 aromatic rings. The van der Waals surface area contributed by atoms with Gasteiger partial charge in [0, 0.05) is 57.0 Å². The van der Waals surface area contributed by atoms with Crippen LogP contribution in [0.1, 0.15) is 23.4 Å². The molecular weight excluding hydrogens is 462 g/mol. The first-order valence-electron chi connectivity index (χ1n) is 9.76. The Kier molecular flexibility index (Phi) is 6.44. The van der Waals surface area contributed by atoms with Gasteiger partial charge in [-0.15, -0.1) is 11.3 Å². The van der Waals surface area contributed by atoms with Crippen LogP contribution in [0.3, 0.4) is 0 Å². The Morgan fingerprint density at radius 2 is 1.87 bits per heavy atom. The zero-order valence-electron chi connectivity index (χ0n) is 16.6. The number of anilines is 4. The Labute approximate surface area is 188 Å². The van der Waals surface area contributed by atoms with Gasteiger partial charge in [-0.1, -0.05) is 0 Å². The van der Waals surface area contributed by atoms with Gasteiger partial charge >= 0.3 is 0 Å². The Morgan fingerprint density at radius 1 is 1.13 bits per heavy atom. The number of aryl methyl sites for hydroxylation is 1. The fraction of sp³-hybridized carbons (Fsp3) is 0.227. The molecule has 0 radical (unpaired) electrons. The highest BCUT2D eigenvalue weighted by molar-refractivity contribution is 9.10. The quantitative estimate of drug-likeness (QED) is 0.446. The number of benzene rings is 1. The second-order valence-corrected chi connectivity index (χ2v) is 8.94. The molecule has 0 spiro atoms. The SMILES string of the molecule is Cc1cc(Nc2ccc(NC(=O)/C=C/c3cc(Br)cs3)cc2)nc(N2CCCC2)n1. The lowest BCUT2D eigenvalue weighted by molar-refractivity contribution is -0.111. The van der Waals surface area contributed by atoms with E-state index in [4.69, 9.17) is 0 Å². The smallest absolute Gasteiger partial charge is 0.248 e. The van der Waals surface area contributed by atoms with Crippen LogP contribution in [-0.2, 0) is 4.79 Å². The van der Waals surface area contributed by atoms with Gasteiger partial charge in [-0.25, -0.2) is 4.98 Å². The average molecular weight is 484 g/mol. The third-order valence-corrected chi connectivity index (χ3v) is 6.30. The minimum Gasteiger partial charge on any atom is -0.341 e. The lowest BCUT2D eigenvalue weighted by Gasteiger charge is -2.17. The molecule has 1 aliphatic rings. The van der Waals surface area contributed by atoms with Gasteiger partial charge in [-0.2, -0.15) is 4.98 Å². The molecule has 6 nitrogen and oxygen atoms in total. The first-order valence-corrected chi connectivity index (χ1v) is 11.4. The first kappa shape index (κ1) is 20.6. The van der Waals surface area contributed by atoms with Crippen molar-refractivity contribution in [3.8, 4) is 0 Å². The largest absolute Gasteiger partial charge is 0.341 e. The zero-order valence-corrected chi connectivity index (χ0v) is 19.0. The summed E-state index contributed by atoms with van der Waals surface area (Å²) in [6, 6.07) is 11.5. The van der Waals surface area contributed by atoms with Crippen LogP contribution in [0.15, 0.2) is 52.3 Å². The maximum absolute atomic E-state index is 12.1. The Morgan fingerprint density at radius 3 is 2.57 bits per heavy atom. The lowest BCUT2D eigenvalue weighted by Crippen LogP contribution is -2.21. The average Bonchev–Trinajstić information content (AvgIpc) is 3.39. The van der Waals surface area contributed by atoms with E-state index in [1.807, 2.05) is 48.7 Å². The third-order valence-electron chi connectivity index (χ3n) is 4.64. The molecule has 0 unspecified atom stereocenters. The summed E-state index contributed by atoms with van der Waals surface area (Å²) < 4.78 is 1.02. The lowest BCUT2D eigenvalue weighted by atomic mass is 10.2. The topological polar surface area (TPSA) is 70.2 Å². The van der Waals surface area contributed by atoms with Crippen molar-refractivity contribution in [3.63, 3.8) is 0 Å². The van der Waals surface area contributed by atoms with E-state index in [-0.39, 0.29) is 5.91 Å². The number of nitrogens with one attached hydrogen (secondary N) is 2. The van der Waals surface area contributed by atoms with E-state index in [9.17, 15) is 4.79 Å². The Bertz CT molecular complexity index is 1060. The van der Waals surface area contributed by atoms with E-state index < -0.39 is 0 Å². The number of nitrogens with zero attached hydrogens (tertiary/aromatic N) is 3. The molecule has 30 heavy (non-hydrogen) atoms. The van der Waals surface area contributed by atoms with Gasteiger partial charge in [0.15, 0.2) is 0 Å². The van der Waals surface area contributed by atoms with Crippen LogP contribution >= 0.6 is 27.3 Å². The van der Waals surface area contributed by atoms with Crippen LogP contribution in [0.5, 0.6) is 0 Å². The van der Waals surface area contributed by atoms with Crippen molar-refractivity contribution < 1.29 is 4.79 Å². The van der Waals surface area contributed by atoms with Crippen LogP contribution in [0.4, 0.5) is 23.1 Å². The first-order chi connectivity index (χ1) is 14.5. The van der Waals surface area contributed by atoms with E-state index in [1.165, 1.54) is 18.9 Å². The molecule has 1 aliphatic heterocycles. The van der Waals surface area contributed by atoms with E-state index in [2.05, 4.69) is 41.4 Å². The van der Waals surface area contributed by atoms with Crippen molar-refractivity contribution in [2.24, 2.45) is 0 Å². The van der Waals surface area contributed by atoms with Crippen molar-refractivity contribution in [2.45, 2.75) is 19.8 Å². The molecule has 0 atom stereocenters. The van der Waals surface area contributed by atoms with Crippen molar-refractivity contribution in [1.82, 2.24) is 9.97 Å². The predicted octanol–water partition coefficient (Wildman–Crippen LogP) is 5.60. The molecule has 8 heteroatoms. The van der Waals surface area contributed by atoms with Crippen LogP contribution in [0.25, 0.3) is 6.08 Å². The fourth-order valence-electron chi connectivity index (χ4n) is 3.22. The summed E-state index contributed by atoms with van der Waals surface area (Å²) in [7, 11) is 0. The van der Waals surface area contributed by atoms with Crippen molar-refractivity contribution in [2.75, 3.05) is 28.6 Å². The van der Waals surface area contributed by atoms with Crippen LogP contribution < -0.4 is 15.5 Å². The molecule has 1 saturated heterocycles. The van der Waals surface area contributed by atoms with Gasteiger partial charge in [0.2, 0.25) is 11.9 Å². The number of hydrogen-bond acceptors (Lipinski definition) is 6. The Balaban J connectivity index is 1.38. The summed E-state index contributed by atoms with van der Waals surface area (Å²) in [5.74, 6) is 1.39. The number of hydrogen-bond donors (Lipinski definition) is 2. The highest BCUT2D eigenvalue weighted by Gasteiger charge is 2.16. The molecular formula is C22H22BrN5OS. The highest BCUT2D eigenvalue weighted by Crippen LogP contribution is 2.23. The number of amides is 1. The summed E-state index contributed by atoms with van der Waals surface area (Å²) in [5.41, 5.74) is 2.57. The predicted molar refractivity (Wildman–Crippen MR) is 128 cm³/mol. The number of thiophene rings is 1. The van der Waals surface area contributed by atoms with Crippen LogP contribution in [0, 0.1) is 6.92 Å². The van der Waals surface area contributed by atoms with Gasteiger partial charge in [0.1, 0.15) is 5.82 Å². The number of rotatable bonds is 6. The van der Waals surface area contributed by atoms with E-state index in [0.717, 1.165) is 51.3 Å². The second-order valence-electron chi connectivity index (χ2n) is 7.08. The van der Waals surface area contributed by atoms with Crippen molar-refractivity contribution in [3.05, 3.63) is 62.9 Å². The highest BCUT2D eigenvalue weighted by atomic mass is 79.9. The molecule has 0 saturated carbocycles.